The maximum Gasteiger partial charge on any atom is -0.00204 e. The molecule has 0 aliphatic heterocycles. The van der Waals surface area contributed by atoms with Crippen LogP contribution in [0.5, 0.6) is 0 Å². The second kappa shape index (κ2) is 9.21. The smallest absolute Gasteiger partial charge is 0.00204 e. The summed E-state index contributed by atoms with van der Waals surface area (Å²) in [6, 6.07) is 0. The Labute approximate surface area is 97.0 Å². The van der Waals surface area contributed by atoms with Crippen molar-refractivity contribution in [1.82, 2.24) is 5.32 Å². The summed E-state index contributed by atoms with van der Waals surface area (Å²) in [5, 5.41) is 3.59. The zero-order valence-electron chi connectivity index (χ0n) is 11.5. The molecule has 0 radical (unpaired) electrons. The molecule has 0 amide bonds. The molecular formula is C14H31N. The fraction of sp³-hybridized carbons (Fsp3) is 1.00. The second-order valence-corrected chi connectivity index (χ2v) is 5.24. The molecule has 0 aliphatic rings. The van der Waals surface area contributed by atoms with E-state index in [1.54, 1.807) is 0 Å². The fourth-order valence-corrected chi connectivity index (χ4v) is 2.06. The number of nitrogens with one attached hydrogen (secondary N) is 1. The Morgan fingerprint density at radius 3 is 1.73 bits per heavy atom. The predicted octanol–water partition coefficient (Wildman–Crippen LogP) is 4.08. The maximum absolute atomic E-state index is 3.59. The van der Waals surface area contributed by atoms with Crippen LogP contribution >= 0.6 is 0 Å². The molecule has 15 heavy (non-hydrogen) atoms. The van der Waals surface area contributed by atoms with E-state index in [2.05, 4.69) is 39.9 Å². The van der Waals surface area contributed by atoms with Crippen molar-refractivity contribution in [3.63, 3.8) is 0 Å². The Morgan fingerprint density at radius 2 is 1.33 bits per heavy atom. The minimum atomic E-state index is 0.774. The summed E-state index contributed by atoms with van der Waals surface area (Å²) in [4.78, 5) is 0. The van der Waals surface area contributed by atoms with Crippen LogP contribution in [0.2, 0.25) is 0 Å². The van der Waals surface area contributed by atoms with Gasteiger partial charge in [-0.25, -0.2) is 0 Å². The third-order valence-corrected chi connectivity index (χ3v) is 3.38. The van der Waals surface area contributed by atoms with Crippen molar-refractivity contribution in [2.24, 2.45) is 17.8 Å². The van der Waals surface area contributed by atoms with E-state index in [1.165, 1.54) is 38.8 Å². The number of rotatable bonds is 9. The summed E-state index contributed by atoms with van der Waals surface area (Å²) in [5.74, 6) is 2.60. The van der Waals surface area contributed by atoms with Gasteiger partial charge in [0, 0.05) is 0 Å². The van der Waals surface area contributed by atoms with Gasteiger partial charge in [-0.05, 0) is 37.3 Å². The van der Waals surface area contributed by atoms with Crippen LogP contribution in [0.15, 0.2) is 0 Å². The van der Waals surface area contributed by atoms with Crippen molar-refractivity contribution in [3.05, 3.63) is 0 Å². The van der Waals surface area contributed by atoms with Crippen LogP contribution in [0.3, 0.4) is 0 Å². The molecule has 1 unspecified atom stereocenters. The largest absolute Gasteiger partial charge is 0.316 e. The highest BCUT2D eigenvalue weighted by molar-refractivity contribution is 4.66. The minimum absolute atomic E-state index is 0.774. The van der Waals surface area contributed by atoms with E-state index in [4.69, 9.17) is 0 Å². The molecule has 1 nitrogen and oxygen atoms in total. The topological polar surface area (TPSA) is 12.0 Å². The van der Waals surface area contributed by atoms with E-state index in [0.29, 0.717) is 0 Å². The van der Waals surface area contributed by atoms with Gasteiger partial charge in [0.05, 0.1) is 0 Å². The van der Waals surface area contributed by atoms with Gasteiger partial charge in [0.25, 0.3) is 0 Å². The minimum Gasteiger partial charge on any atom is -0.316 e. The summed E-state index contributed by atoms with van der Waals surface area (Å²) < 4.78 is 0. The van der Waals surface area contributed by atoms with Crippen molar-refractivity contribution in [3.8, 4) is 0 Å². The first-order valence-corrected chi connectivity index (χ1v) is 6.84. The van der Waals surface area contributed by atoms with Crippen molar-refractivity contribution >= 4 is 0 Å². The molecule has 0 fully saturated rings. The summed E-state index contributed by atoms with van der Waals surface area (Å²) in [7, 11) is 0. The summed E-state index contributed by atoms with van der Waals surface area (Å²) in [6.45, 7) is 13.9. The van der Waals surface area contributed by atoms with Gasteiger partial charge in [0.2, 0.25) is 0 Å². The van der Waals surface area contributed by atoms with Crippen LogP contribution in [0.25, 0.3) is 0 Å². The molecule has 1 atom stereocenters. The van der Waals surface area contributed by atoms with Gasteiger partial charge in [0.1, 0.15) is 0 Å². The summed E-state index contributed by atoms with van der Waals surface area (Å²) in [5.41, 5.74) is 0. The summed E-state index contributed by atoms with van der Waals surface area (Å²) in [6.07, 6.45) is 5.42. The Morgan fingerprint density at radius 1 is 0.800 bits per heavy atom. The molecule has 0 heterocycles. The van der Waals surface area contributed by atoms with E-state index in [-0.39, 0.29) is 0 Å². The monoisotopic (exact) mass is 213 g/mol. The van der Waals surface area contributed by atoms with Gasteiger partial charge in [-0.1, -0.05) is 53.9 Å². The van der Waals surface area contributed by atoms with Crippen LogP contribution in [0.1, 0.15) is 60.3 Å². The molecule has 0 spiro atoms. The molecular weight excluding hydrogens is 182 g/mol. The highest BCUT2D eigenvalue weighted by atomic mass is 14.9. The van der Waals surface area contributed by atoms with Crippen molar-refractivity contribution in [2.45, 2.75) is 60.3 Å². The van der Waals surface area contributed by atoms with Crippen molar-refractivity contribution < 1.29 is 0 Å². The average molecular weight is 213 g/mol. The van der Waals surface area contributed by atoms with Gasteiger partial charge in [0.15, 0.2) is 0 Å². The van der Waals surface area contributed by atoms with Gasteiger partial charge in [-0.3, -0.25) is 0 Å². The van der Waals surface area contributed by atoms with E-state index in [1.807, 2.05) is 0 Å². The molecule has 0 aromatic carbocycles. The van der Waals surface area contributed by atoms with Gasteiger partial charge in [-0.15, -0.1) is 0 Å². The van der Waals surface area contributed by atoms with Gasteiger partial charge < -0.3 is 5.32 Å². The SMILES string of the molecule is CCC(CC)CC(CC)CNCC(C)C. The lowest BCUT2D eigenvalue weighted by Gasteiger charge is -2.21. The highest BCUT2D eigenvalue weighted by Gasteiger charge is 2.12. The second-order valence-electron chi connectivity index (χ2n) is 5.24. The fourth-order valence-electron chi connectivity index (χ4n) is 2.06. The molecule has 0 bridgehead atoms. The summed E-state index contributed by atoms with van der Waals surface area (Å²) >= 11 is 0. The van der Waals surface area contributed by atoms with Crippen LogP contribution < -0.4 is 5.32 Å². The van der Waals surface area contributed by atoms with Gasteiger partial charge >= 0.3 is 0 Å². The van der Waals surface area contributed by atoms with Crippen molar-refractivity contribution in [2.75, 3.05) is 13.1 Å². The quantitative estimate of drug-likeness (QED) is 0.608. The van der Waals surface area contributed by atoms with Crippen LogP contribution in [0.4, 0.5) is 0 Å². The standard InChI is InChI=1S/C14H31N/c1-6-13(7-2)9-14(8-3)11-15-10-12(4)5/h12-15H,6-11H2,1-5H3. The Kier molecular flexibility index (Phi) is 9.18. The lowest BCUT2D eigenvalue weighted by Crippen LogP contribution is -2.27. The lowest BCUT2D eigenvalue weighted by molar-refractivity contribution is 0.328. The first-order valence-electron chi connectivity index (χ1n) is 6.84. The Hall–Kier alpha value is -0.0400. The Balaban J connectivity index is 3.71. The number of hydrogen-bond acceptors (Lipinski definition) is 1. The zero-order valence-corrected chi connectivity index (χ0v) is 11.5. The lowest BCUT2D eigenvalue weighted by atomic mass is 9.89. The molecule has 0 aromatic heterocycles. The van der Waals surface area contributed by atoms with Crippen molar-refractivity contribution in [1.29, 1.82) is 0 Å². The number of hydrogen-bond donors (Lipinski definition) is 1. The van der Waals surface area contributed by atoms with Gasteiger partial charge in [-0.2, -0.15) is 0 Å². The molecule has 0 saturated heterocycles. The Bertz CT molecular complexity index is 127. The molecule has 1 N–H and O–H groups in total. The first kappa shape index (κ1) is 15.0. The average Bonchev–Trinajstić information content (AvgIpc) is 2.22. The third kappa shape index (κ3) is 7.84. The van der Waals surface area contributed by atoms with Crippen LogP contribution in [0, 0.1) is 17.8 Å². The van der Waals surface area contributed by atoms with E-state index < -0.39 is 0 Å². The van der Waals surface area contributed by atoms with E-state index in [9.17, 15) is 0 Å². The molecule has 0 saturated carbocycles. The molecule has 0 rings (SSSR count). The molecule has 92 valence electrons. The predicted molar refractivity (Wildman–Crippen MR) is 70.2 cm³/mol. The zero-order chi connectivity index (χ0) is 11.7. The van der Waals surface area contributed by atoms with E-state index >= 15 is 0 Å². The third-order valence-electron chi connectivity index (χ3n) is 3.38. The first-order chi connectivity index (χ1) is 7.13. The van der Waals surface area contributed by atoms with E-state index in [0.717, 1.165) is 17.8 Å². The van der Waals surface area contributed by atoms with Crippen LogP contribution in [-0.4, -0.2) is 13.1 Å². The molecule has 1 heteroatoms. The van der Waals surface area contributed by atoms with Crippen LogP contribution in [-0.2, 0) is 0 Å². The maximum atomic E-state index is 3.59. The molecule has 0 aliphatic carbocycles. The molecule has 0 aromatic rings. The normalized spacial score (nSPS) is 13.8. The highest BCUT2D eigenvalue weighted by Crippen LogP contribution is 2.20.